The molecule has 0 bridgehead atoms. The third-order valence-corrected chi connectivity index (χ3v) is 3.82. The van der Waals surface area contributed by atoms with Gasteiger partial charge in [-0.1, -0.05) is 18.2 Å². The van der Waals surface area contributed by atoms with Gasteiger partial charge in [0, 0.05) is 12.1 Å². The summed E-state index contributed by atoms with van der Waals surface area (Å²) < 4.78 is 26.6. The Labute approximate surface area is 122 Å². The van der Waals surface area contributed by atoms with Gasteiger partial charge in [0.05, 0.1) is 6.04 Å². The number of likely N-dealkylation sites (tertiary alicyclic amines) is 1. The van der Waals surface area contributed by atoms with Crippen LogP contribution < -0.4 is 0 Å². The van der Waals surface area contributed by atoms with Crippen molar-refractivity contribution in [2.75, 3.05) is 6.54 Å². The number of nitrogens with zero attached hydrogens (tertiary/aromatic N) is 1. The molecule has 2 nitrogen and oxygen atoms in total. The molecule has 2 aromatic rings. The van der Waals surface area contributed by atoms with Gasteiger partial charge in [-0.2, -0.15) is 0 Å². The number of halogens is 2. The summed E-state index contributed by atoms with van der Waals surface area (Å²) in [5.41, 5.74) is 1.12. The van der Waals surface area contributed by atoms with Gasteiger partial charge in [-0.15, -0.1) is 0 Å². The van der Waals surface area contributed by atoms with Gasteiger partial charge in [0.15, 0.2) is 0 Å². The van der Waals surface area contributed by atoms with Crippen molar-refractivity contribution in [3.05, 3.63) is 71.3 Å². The largest absolute Gasteiger partial charge is 0.332 e. The highest BCUT2D eigenvalue weighted by atomic mass is 19.1. The lowest BCUT2D eigenvalue weighted by Crippen LogP contribution is -2.30. The minimum absolute atomic E-state index is 0.142. The molecule has 0 aromatic heterocycles. The van der Waals surface area contributed by atoms with Crippen LogP contribution >= 0.6 is 0 Å². The SMILES string of the molecule is O=C(c1cccc(F)c1)N1CCC[C@@H]1c1cccc(F)c1. The molecule has 1 aliphatic rings. The van der Waals surface area contributed by atoms with E-state index in [2.05, 4.69) is 0 Å². The van der Waals surface area contributed by atoms with E-state index < -0.39 is 5.82 Å². The predicted molar refractivity (Wildman–Crippen MR) is 75.8 cm³/mol. The van der Waals surface area contributed by atoms with Gasteiger partial charge in [-0.25, -0.2) is 8.78 Å². The Hall–Kier alpha value is -2.23. The lowest BCUT2D eigenvalue weighted by atomic mass is 10.0. The summed E-state index contributed by atoms with van der Waals surface area (Å²) in [6, 6.07) is 11.9. The Bertz CT molecular complexity index is 671. The average Bonchev–Trinajstić information content (AvgIpc) is 2.96. The molecule has 0 radical (unpaired) electrons. The van der Waals surface area contributed by atoms with Crippen molar-refractivity contribution >= 4 is 5.91 Å². The van der Waals surface area contributed by atoms with Crippen molar-refractivity contribution < 1.29 is 13.6 Å². The number of carbonyl (C=O) groups excluding carboxylic acids is 1. The standard InChI is InChI=1S/C17H15F2NO/c18-14-6-1-4-12(10-14)16-8-3-9-20(16)17(21)13-5-2-7-15(19)11-13/h1-2,4-7,10-11,16H,3,8-9H2/t16-/m1/s1. The average molecular weight is 287 g/mol. The van der Waals surface area contributed by atoms with Gasteiger partial charge in [0.2, 0.25) is 0 Å². The van der Waals surface area contributed by atoms with E-state index in [1.807, 2.05) is 6.07 Å². The third-order valence-electron chi connectivity index (χ3n) is 3.82. The van der Waals surface area contributed by atoms with Gasteiger partial charge < -0.3 is 4.90 Å². The molecule has 0 aliphatic carbocycles. The van der Waals surface area contributed by atoms with E-state index in [0.717, 1.165) is 18.4 Å². The maximum atomic E-state index is 13.4. The first-order valence-electron chi connectivity index (χ1n) is 6.97. The number of hydrogen-bond acceptors (Lipinski definition) is 1. The molecule has 0 saturated carbocycles. The van der Waals surface area contributed by atoms with Crippen LogP contribution in [0, 0.1) is 11.6 Å². The molecule has 2 aromatic carbocycles. The molecule has 3 rings (SSSR count). The summed E-state index contributed by atoms with van der Waals surface area (Å²) in [6.45, 7) is 0.608. The lowest BCUT2D eigenvalue weighted by molar-refractivity contribution is 0.0735. The molecular weight excluding hydrogens is 272 g/mol. The molecule has 1 fully saturated rings. The van der Waals surface area contributed by atoms with E-state index in [4.69, 9.17) is 0 Å². The van der Waals surface area contributed by atoms with Crippen molar-refractivity contribution in [1.82, 2.24) is 4.90 Å². The predicted octanol–water partition coefficient (Wildman–Crippen LogP) is 3.94. The van der Waals surface area contributed by atoms with Gasteiger partial charge in [-0.3, -0.25) is 4.79 Å². The molecule has 4 heteroatoms. The van der Waals surface area contributed by atoms with Crippen LogP contribution in [-0.4, -0.2) is 17.4 Å². The summed E-state index contributed by atoms with van der Waals surface area (Å²) in [5, 5.41) is 0. The number of hydrogen-bond donors (Lipinski definition) is 0. The Morgan fingerprint density at radius 2 is 1.76 bits per heavy atom. The van der Waals surface area contributed by atoms with Crippen LogP contribution in [0.2, 0.25) is 0 Å². The van der Waals surface area contributed by atoms with Crippen LogP contribution in [0.5, 0.6) is 0 Å². The molecule has 1 aliphatic heterocycles. The maximum Gasteiger partial charge on any atom is 0.254 e. The zero-order valence-electron chi connectivity index (χ0n) is 11.4. The summed E-state index contributed by atoms with van der Waals surface area (Å²) in [5.74, 6) is -0.943. The van der Waals surface area contributed by atoms with Crippen molar-refractivity contribution in [1.29, 1.82) is 0 Å². The molecule has 1 amide bonds. The second-order valence-electron chi connectivity index (χ2n) is 5.22. The maximum absolute atomic E-state index is 13.4. The minimum atomic E-state index is -0.428. The zero-order chi connectivity index (χ0) is 14.8. The van der Waals surface area contributed by atoms with Crippen LogP contribution in [0.4, 0.5) is 8.78 Å². The fraction of sp³-hybridized carbons (Fsp3) is 0.235. The fourth-order valence-corrected chi connectivity index (χ4v) is 2.86. The number of amides is 1. The summed E-state index contributed by atoms with van der Waals surface area (Å²) in [6.07, 6.45) is 1.66. The van der Waals surface area contributed by atoms with Crippen molar-refractivity contribution in [3.63, 3.8) is 0 Å². The van der Waals surface area contributed by atoms with E-state index in [1.165, 1.54) is 30.3 Å². The van der Waals surface area contributed by atoms with Crippen LogP contribution in [0.25, 0.3) is 0 Å². The number of carbonyl (C=O) groups is 1. The molecule has 108 valence electrons. The highest BCUT2D eigenvalue weighted by Crippen LogP contribution is 2.33. The quantitative estimate of drug-likeness (QED) is 0.819. The van der Waals surface area contributed by atoms with Crippen LogP contribution in [0.3, 0.4) is 0 Å². The van der Waals surface area contributed by atoms with Crippen molar-refractivity contribution in [2.24, 2.45) is 0 Å². The van der Waals surface area contributed by atoms with Crippen LogP contribution in [0.15, 0.2) is 48.5 Å². The minimum Gasteiger partial charge on any atom is -0.332 e. The molecule has 0 N–H and O–H groups in total. The molecule has 1 heterocycles. The topological polar surface area (TPSA) is 20.3 Å². The van der Waals surface area contributed by atoms with Gasteiger partial charge >= 0.3 is 0 Å². The highest BCUT2D eigenvalue weighted by molar-refractivity contribution is 5.94. The van der Waals surface area contributed by atoms with E-state index in [0.29, 0.717) is 12.1 Å². The van der Waals surface area contributed by atoms with Crippen LogP contribution in [0.1, 0.15) is 34.8 Å². The molecule has 21 heavy (non-hydrogen) atoms. The summed E-state index contributed by atoms with van der Waals surface area (Å²) in [4.78, 5) is 14.2. The normalized spacial score (nSPS) is 18.0. The number of benzene rings is 2. The van der Waals surface area contributed by atoms with Gasteiger partial charge in [0.25, 0.3) is 5.91 Å². The van der Waals surface area contributed by atoms with Gasteiger partial charge in [-0.05, 0) is 48.7 Å². The zero-order valence-corrected chi connectivity index (χ0v) is 11.4. The summed E-state index contributed by atoms with van der Waals surface area (Å²) in [7, 11) is 0. The molecule has 0 unspecified atom stereocenters. The second-order valence-corrected chi connectivity index (χ2v) is 5.22. The highest BCUT2D eigenvalue weighted by Gasteiger charge is 2.30. The molecule has 1 atom stereocenters. The Kier molecular flexibility index (Phi) is 3.69. The van der Waals surface area contributed by atoms with Gasteiger partial charge in [0.1, 0.15) is 11.6 Å². The second kappa shape index (κ2) is 5.64. The first kappa shape index (κ1) is 13.7. The number of rotatable bonds is 2. The monoisotopic (exact) mass is 287 g/mol. The van der Waals surface area contributed by atoms with Crippen LogP contribution in [-0.2, 0) is 0 Å². The van der Waals surface area contributed by atoms with E-state index in [1.54, 1.807) is 17.0 Å². The Morgan fingerprint density at radius 1 is 1.05 bits per heavy atom. The molecule has 1 saturated heterocycles. The summed E-state index contributed by atoms with van der Waals surface area (Å²) >= 11 is 0. The third kappa shape index (κ3) is 2.79. The van der Waals surface area contributed by atoms with E-state index in [9.17, 15) is 13.6 Å². The van der Waals surface area contributed by atoms with Crippen molar-refractivity contribution in [2.45, 2.75) is 18.9 Å². The lowest BCUT2D eigenvalue weighted by Gasteiger charge is -2.25. The van der Waals surface area contributed by atoms with E-state index >= 15 is 0 Å². The molecule has 0 spiro atoms. The Morgan fingerprint density at radius 3 is 2.48 bits per heavy atom. The molecular formula is C17H15F2NO. The van der Waals surface area contributed by atoms with E-state index in [-0.39, 0.29) is 17.8 Å². The first-order chi connectivity index (χ1) is 10.1. The first-order valence-corrected chi connectivity index (χ1v) is 6.97. The smallest absolute Gasteiger partial charge is 0.254 e. The van der Waals surface area contributed by atoms with Crippen molar-refractivity contribution in [3.8, 4) is 0 Å². The Balaban J connectivity index is 1.89. The fourth-order valence-electron chi connectivity index (χ4n) is 2.86.